The second kappa shape index (κ2) is 5.56. The number of carbonyl (C=O) groups excluding carboxylic acids is 1. The van der Waals surface area contributed by atoms with Gasteiger partial charge in [0.05, 0.1) is 4.47 Å². The van der Waals surface area contributed by atoms with E-state index in [2.05, 4.69) is 15.9 Å². The highest BCUT2D eigenvalue weighted by molar-refractivity contribution is 9.10. The first-order valence-electron chi connectivity index (χ1n) is 5.17. The molecule has 88 valence electrons. The van der Waals surface area contributed by atoms with Gasteiger partial charge in [-0.2, -0.15) is 0 Å². The number of aryl methyl sites for hydroxylation is 1. The summed E-state index contributed by atoms with van der Waals surface area (Å²) in [6, 6.07) is 8.35. The van der Waals surface area contributed by atoms with E-state index in [9.17, 15) is 9.18 Å². The molecule has 0 unspecified atom stereocenters. The lowest BCUT2D eigenvalue weighted by Crippen LogP contribution is -2.01. The van der Waals surface area contributed by atoms with Gasteiger partial charge < -0.3 is 0 Å². The normalized spacial score (nSPS) is 10.5. The lowest BCUT2D eigenvalue weighted by atomic mass is 10.1. The smallest absolute Gasteiger partial charge is 0.163 e. The average Bonchev–Trinajstić information content (AvgIpc) is 2.82. The van der Waals surface area contributed by atoms with Crippen LogP contribution in [-0.2, 0) is 6.42 Å². The Hall–Kier alpha value is -1.00. The third kappa shape index (κ3) is 3.23. The molecule has 0 radical (unpaired) electrons. The van der Waals surface area contributed by atoms with Crippen LogP contribution in [0.4, 0.5) is 4.39 Å². The number of hydrogen-bond donors (Lipinski definition) is 0. The van der Waals surface area contributed by atoms with E-state index in [1.54, 1.807) is 11.3 Å². The first kappa shape index (κ1) is 12.5. The highest BCUT2D eigenvalue weighted by Gasteiger charge is 2.09. The molecular weight excluding hydrogens is 303 g/mol. The molecule has 0 saturated heterocycles. The fraction of sp³-hybridized carbons (Fsp3) is 0.154. The molecule has 0 fully saturated rings. The van der Waals surface area contributed by atoms with Crippen molar-refractivity contribution in [3.8, 4) is 0 Å². The molecule has 1 nitrogen and oxygen atoms in total. The lowest BCUT2D eigenvalue weighted by Gasteiger charge is -2.01. The zero-order chi connectivity index (χ0) is 12.3. The molecule has 1 aromatic heterocycles. The van der Waals surface area contributed by atoms with Gasteiger partial charge in [-0.3, -0.25) is 4.79 Å². The Morgan fingerprint density at radius 3 is 2.82 bits per heavy atom. The van der Waals surface area contributed by atoms with Gasteiger partial charge in [0.25, 0.3) is 0 Å². The number of thiophene rings is 1. The molecule has 17 heavy (non-hydrogen) atoms. The van der Waals surface area contributed by atoms with Gasteiger partial charge in [-0.1, -0.05) is 6.07 Å². The van der Waals surface area contributed by atoms with E-state index in [0.717, 1.165) is 6.42 Å². The van der Waals surface area contributed by atoms with Gasteiger partial charge in [0, 0.05) is 16.9 Å². The number of hydrogen-bond acceptors (Lipinski definition) is 2. The molecule has 1 heterocycles. The summed E-state index contributed by atoms with van der Waals surface area (Å²) in [5, 5.41) is 1.99. The van der Waals surface area contributed by atoms with Crippen molar-refractivity contribution in [1.29, 1.82) is 0 Å². The summed E-state index contributed by atoms with van der Waals surface area (Å²) >= 11 is 4.72. The van der Waals surface area contributed by atoms with Gasteiger partial charge in [0.1, 0.15) is 5.82 Å². The summed E-state index contributed by atoms with van der Waals surface area (Å²) in [7, 11) is 0. The minimum Gasteiger partial charge on any atom is -0.294 e. The van der Waals surface area contributed by atoms with Crippen LogP contribution in [0.25, 0.3) is 0 Å². The molecule has 0 saturated carbocycles. The van der Waals surface area contributed by atoms with Crippen LogP contribution in [0.2, 0.25) is 0 Å². The first-order valence-corrected chi connectivity index (χ1v) is 6.85. The molecule has 0 spiro atoms. The molecule has 2 rings (SSSR count). The quantitative estimate of drug-likeness (QED) is 0.761. The van der Waals surface area contributed by atoms with Crippen LogP contribution in [0, 0.1) is 5.82 Å². The van der Waals surface area contributed by atoms with Crippen molar-refractivity contribution < 1.29 is 9.18 Å². The minimum absolute atomic E-state index is 0.0408. The highest BCUT2D eigenvalue weighted by Crippen LogP contribution is 2.19. The maximum absolute atomic E-state index is 13.0. The molecule has 1 aromatic carbocycles. The zero-order valence-corrected chi connectivity index (χ0v) is 11.4. The molecule has 0 aliphatic carbocycles. The van der Waals surface area contributed by atoms with E-state index >= 15 is 0 Å². The Balaban J connectivity index is 2.02. The van der Waals surface area contributed by atoms with Crippen molar-refractivity contribution in [3.63, 3.8) is 0 Å². The van der Waals surface area contributed by atoms with Crippen molar-refractivity contribution in [2.24, 2.45) is 0 Å². The summed E-state index contributed by atoms with van der Waals surface area (Å²) < 4.78 is 13.3. The lowest BCUT2D eigenvalue weighted by molar-refractivity contribution is 0.0983. The predicted octanol–water partition coefficient (Wildman–Crippen LogP) is 4.47. The number of carbonyl (C=O) groups is 1. The predicted molar refractivity (Wildman–Crippen MR) is 71.1 cm³/mol. The number of ketones is 1. The van der Waals surface area contributed by atoms with Gasteiger partial charge in [0.15, 0.2) is 5.78 Å². The minimum atomic E-state index is -0.347. The van der Waals surface area contributed by atoms with Gasteiger partial charge >= 0.3 is 0 Å². The summed E-state index contributed by atoms with van der Waals surface area (Å²) in [5.41, 5.74) is 0.551. The fourth-order valence-corrected chi connectivity index (χ4v) is 2.59. The van der Waals surface area contributed by atoms with E-state index in [1.807, 2.05) is 17.5 Å². The summed E-state index contributed by atoms with van der Waals surface area (Å²) in [6.07, 6.45) is 1.20. The number of benzene rings is 1. The Morgan fingerprint density at radius 2 is 2.18 bits per heavy atom. The summed E-state index contributed by atoms with van der Waals surface area (Å²) in [4.78, 5) is 13.1. The van der Waals surface area contributed by atoms with Crippen molar-refractivity contribution in [3.05, 3.63) is 56.4 Å². The topological polar surface area (TPSA) is 17.1 Å². The molecule has 0 amide bonds. The van der Waals surface area contributed by atoms with Gasteiger partial charge in [-0.15, -0.1) is 11.3 Å². The molecule has 0 aliphatic rings. The summed E-state index contributed by atoms with van der Waals surface area (Å²) in [5.74, 6) is -0.307. The third-order valence-electron chi connectivity index (χ3n) is 2.42. The molecule has 0 bridgehead atoms. The molecule has 4 heteroatoms. The molecular formula is C13H10BrFOS. The SMILES string of the molecule is O=C(CCc1cccs1)c1ccc(F)c(Br)c1. The number of Topliss-reactive ketones (excluding diaryl/α,β-unsaturated/α-hetero) is 1. The standard InChI is InChI=1S/C13H10BrFOS/c14-11-8-9(3-5-12(11)15)13(16)6-4-10-2-1-7-17-10/h1-3,5,7-8H,4,6H2. The van der Waals surface area contributed by atoms with E-state index in [-0.39, 0.29) is 11.6 Å². The molecule has 0 aliphatic heterocycles. The second-order valence-corrected chi connectivity index (χ2v) is 5.52. The Kier molecular flexibility index (Phi) is 4.07. The van der Waals surface area contributed by atoms with Gasteiger partial charge in [-0.25, -0.2) is 4.39 Å². The first-order chi connectivity index (χ1) is 8.16. The Labute approximate surface area is 111 Å². The van der Waals surface area contributed by atoms with Crippen molar-refractivity contribution >= 4 is 33.0 Å². The van der Waals surface area contributed by atoms with Crippen molar-refractivity contribution in [2.75, 3.05) is 0 Å². The van der Waals surface area contributed by atoms with Crippen LogP contribution in [-0.4, -0.2) is 5.78 Å². The monoisotopic (exact) mass is 312 g/mol. The highest BCUT2D eigenvalue weighted by atomic mass is 79.9. The second-order valence-electron chi connectivity index (χ2n) is 3.63. The van der Waals surface area contributed by atoms with Crippen LogP contribution in [0.15, 0.2) is 40.2 Å². The number of halogens is 2. The van der Waals surface area contributed by atoms with Crippen LogP contribution in [0.1, 0.15) is 21.7 Å². The Bertz CT molecular complexity index is 522. The van der Waals surface area contributed by atoms with E-state index in [0.29, 0.717) is 16.5 Å². The van der Waals surface area contributed by atoms with Crippen LogP contribution >= 0.6 is 27.3 Å². The third-order valence-corrected chi connectivity index (χ3v) is 3.96. The zero-order valence-electron chi connectivity index (χ0n) is 8.95. The van der Waals surface area contributed by atoms with Crippen LogP contribution in [0.3, 0.4) is 0 Å². The van der Waals surface area contributed by atoms with Crippen molar-refractivity contribution in [1.82, 2.24) is 0 Å². The maximum Gasteiger partial charge on any atom is 0.163 e. The fourth-order valence-electron chi connectivity index (χ4n) is 1.51. The molecule has 2 aromatic rings. The summed E-state index contributed by atoms with van der Waals surface area (Å²) in [6.45, 7) is 0. The number of rotatable bonds is 4. The Morgan fingerprint density at radius 1 is 1.35 bits per heavy atom. The largest absolute Gasteiger partial charge is 0.294 e. The molecule has 0 N–H and O–H groups in total. The average molecular weight is 313 g/mol. The maximum atomic E-state index is 13.0. The van der Waals surface area contributed by atoms with E-state index in [1.165, 1.54) is 23.1 Å². The van der Waals surface area contributed by atoms with E-state index < -0.39 is 0 Å². The van der Waals surface area contributed by atoms with Crippen LogP contribution in [0.5, 0.6) is 0 Å². The van der Waals surface area contributed by atoms with Crippen molar-refractivity contribution in [2.45, 2.75) is 12.8 Å². The molecule has 0 atom stereocenters. The van der Waals surface area contributed by atoms with Crippen LogP contribution < -0.4 is 0 Å². The van der Waals surface area contributed by atoms with E-state index in [4.69, 9.17) is 0 Å². The van der Waals surface area contributed by atoms with Gasteiger partial charge in [-0.05, 0) is 52.0 Å². The van der Waals surface area contributed by atoms with Gasteiger partial charge in [0.2, 0.25) is 0 Å².